The highest BCUT2D eigenvalue weighted by molar-refractivity contribution is 6.00. The fourth-order valence-electron chi connectivity index (χ4n) is 2.67. The van der Waals surface area contributed by atoms with Crippen LogP contribution >= 0.6 is 0 Å². The van der Waals surface area contributed by atoms with Crippen LogP contribution in [0.25, 0.3) is 0 Å². The van der Waals surface area contributed by atoms with Crippen molar-refractivity contribution >= 4 is 5.78 Å². The molecule has 0 saturated heterocycles. The lowest BCUT2D eigenvalue weighted by atomic mass is 9.98. The molecule has 0 saturated carbocycles. The monoisotopic (exact) mass is 319 g/mol. The van der Waals surface area contributed by atoms with Gasteiger partial charge in [-0.15, -0.1) is 0 Å². The molecule has 130 valence electrons. The zero-order valence-corrected chi connectivity index (χ0v) is 15.7. The second-order valence-electron chi connectivity index (χ2n) is 6.78. The Morgan fingerprint density at radius 3 is 2.17 bits per heavy atom. The smallest absolute Gasteiger partial charge is 0.180 e. The van der Waals surface area contributed by atoms with Crippen molar-refractivity contribution in [1.29, 1.82) is 0 Å². The van der Waals surface area contributed by atoms with Crippen molar-refractivity contribution in [2.45, 2.75) is 66.4 Å². The molecule has 1 rings (SSSR count). The van der Waals surface area contributed by atoms with Crippen LogP contribution in [0.15, 0.2) is 18.2 Å². The maximum Gasteiger partial charge on any atom is 0.180 e. The average Bonchev–Trinajstić information content (AvgIpc) is 2.47. The van der Waals surface area contributed by atoms with Crippen LogP contribution in [-0.4, -0.2) is 36.4 Å². The van der Waals surface area contributed by atoms with Gasteiger partial charge in [-0.3, -0.25) is 9.69 Å². The summed E-state index contributed by atoms with van der Waals surface area (Å²) >= 11 is 0. The minimum Gasteiger partial charge on any atom is -0.490 e. The second-order valence-corrected chi connectivity index (χ2v) is 6.78. The number of carbonyl (C=O) groups excluding carboxylic acids is 1. The molecule has 0 aliphatic rings. The normalized spacial score (nSPS) is 11.5. The summed E-state index contributed by atoms with van der Waals surface area (Å²) in [5.41, 5.74) is 1.91. The number of benzene rings is 1. The summed E-state index contributed by atoms with van der Waals surface area (Å²) < 4.78 is 5.86. The van der Waals surface area contributed by atoms with Crippen LogP contribution in [0, 0.1) is 0 Å². The van der Waals surface area contributed by atoms with E-state index in [9.17, 15) is 4.79 Å². The van der Waals surface area contributed by atoms with E-state index in [-0.39, 0.29) is 11.9 Å². The highest BCUT2D eigenvalue weighted by Crippen LogP contribution is 2.26. The first-order valence-electron chi connectivity index (χ1n) is 8.95. The van der Waals surface area contributed by atoms with E-state index >= 15 is 0 Å². The van der Waals surface area contributed by atoms with Gasteiger partial charge in [0.15, 0.2) is 5.78 Å². The van der Waals surface area contributed by atoms with E-state index in [1.165, 1.54) is 5.56 Å². The molecular formula is C20H33NO2. The van der Waals surface area contributed by atoms with Gasteiger partial charge in [-0.05, 0) is 63.4 Å². The SMILES string of the molecule is CCCN(CCC)CC(=O)c1cc(C(C)C)ccc1OC(C)C. The minimum atomic E-state index is 0.0637. The van der Waals surface area contributed by atoms with E-state index in [1.54, 1.807) is 0 Å². The van der Waals surface area contributed by atoms with Gasteiger partial charge >= 0.3 is 0 Å². The number of ketones is 1. The Kier molecular flexibility index (Phi) is 8.32. The number of nitrogens with zero attached hydrogens (tertiary/aromatic N) is 1. The molecule has 0 spiro atoms. The molecule has 0 bridgehead atoms. The van der Waals surface area contributed by atoms with Gasteiger partial charge in [-0.2, -0.15) is 0 Å². The molecule has 0 amide bonds. The summed E-state index contributed by atoms with van der Waals surface area (Å²) in [5, 5.41) is 0. The zero-order valence-electron chi connectivity index (χ0n) is 15.7. The number of hydrogen-bond acceptors (Lipinski definition) is 3. The van der Waals surface area contributed by atoms with Crippen LogP contribution in [0.1, 0.15) is 76.2 Å². The molecule has 3 heteroatoms. The lowest BCUT2D eigenvalue weighted by Crippen LogP contribution is -2.31. The Labute approximate surface area is 142 Å². The van der Waals surface area contributed by atoms with Crippen molar-refractivity contribution in [2.75, 3.05) is 19.6 Å². The minimum absolute atomic E-state index is 0.0637. The standard InChI is InChI=1S/C20H33NO2/c1-7-11-21(12-8-2)14-19(22)18-13-17(15(3)4)9-10-20(18)23-16(5)6/h9-10,13,15-16H,7-8,11-12,14H2,1-6H3. The highest BCUT2D eigenvalue weighted by Gasteiger charge is 2.18. The first-order valence-corrected chi connectivity index (χ1v) is 8.95. The van der Waals surface area contributed by atoms with Gasteiger partial charge in [0.2, 0.25) is 0 Å². The molecule has 0 aliphatic heterocycles. The topological polar surface area (TPSA) is 29.5 Å². The molecule has 1 aromatic carbocycles. The van der Waals surface area contributed by atoms with Gasteiger partial charge < -0.3 is 4.74 Å². The largest absolute Gasteiger partial charge is 0.490 e. The van der Waals surface area contributed by atoms with Crippen LogP contribution in [0.5, 0.6) is 5.75 Å². The fourth-order valence-corrected chi connectivity index (χ4v) is 2.67. The quantitative estimate of drug-likeness (QED) is 0.574. The number of ether oxygens (including phenoxy) is 1. The number of hydrogen-bond donors (Lipinski definition) is 0. The van der Waals surface area contributed by atoms with Gasteiger partial charge in [0.25, 0.3) is 0 Å². The predicted octanol–water partition coefficient (Wildman–Crippen LogP) is 4.90. The highest BCUT2D eigenvalue weighted by atomic mass is 16.5. The maximum atomic E-state index is 12.9. The van der Waals surface area contributed by atoms with Crippen LogP contribution in [0.3, 0.4) is 0 Å². The Hall–Kier alpha value is -1.35. The number of Topliss-reactive ketones (excluding diaryl/α,β-unsaturated/α-hetero) is 1. The van der Waals surface area contributed by atoms with E-state index in [4.69, 9.17) is 4.74 Å². The van der Waals surface area contributed by atoms with Crippen LogP contribution in [0.2, 0.25) is 0 Å². The van der Waals surface area contributed by atoms with Crippen molar-refractivity contribution in [3.63, 3.8) is 0 Å². The molecule has 0 radical (unpaired) electrons. The van der Waals surface area contributed by atoms with Gasteiger partial charge in [-0.25, -0.2) is 0 Å². The van der Waals surface area contributed by atoms with Crippen molar-refractivity contribution in [3.8, 4) is 5.75 Å². The Bertz CT molecular complexity index is 488. The molecule has 0 aliphatic carbocycles. The molecule has 3 nitrogen and oxygen atoms in total. The predicted molar refractivity (Wildman–Crippen MR) is 97.6 cm³/mol. The zero-order chi connectivity index (χ0) is 17.4. The maximum absolute atomic E-state index is 12.9. The molecule has 23 heavy (non-hydrogen) atoms. The average molecular weight is 319 g/mol. The van der Waals surface area contributed by atoms with Crippen LogP contribution < -0.4 is 4.74 Å². The first-order chi connectivity index (χ1) is 10.9. The number of rotatable bonds is 10. The molecule has 1 aromatic rings. The third-order valence-electron chi connectivity index (χ3n) is 3.78. The molecule has 0 unspecified atom stereocenters. The van der Waals surface area contributed by atoms with E-state index in [1.807, 2.05) is 26.0 Å². The summed E-state index contributed by atoms with van der Waals surface area (Å²) in [4.78, 5) is 15.1. The second kappa shape index (κ2) is 9.71. The summed E-state index contributed by atoms with van der Waals surface area (Å²) in [5.74, 6) is 1.27. The van der Waals surface area contributed by atoms with Gasteiger partial charge in [0.05, 0.1) is 18.2 Å². The molecule has 0 aromatic heterocycles. The lowest BCUT2D eigenvalue weighted by molar-refractivity contribution is 0.0924. The Morgan fingerprint density at radius 2 is 1.70 bits per heavy atom. The summed E-state index contributed by atoms with van der Waals surface area (Å²) in [6.45, 7) is 15.0. The van der Waals surface area contributed by atoms with Crippen LogP contribution in [-0.2, 0) is 0 Å². The first kappa shape index (κ1) is 19.7. The molecule has 0 atom stereocenters. The third-order valence-corrected chi connectivity index (χ3v) is 3.78. The lowest BCUT2D eigenvalue weighted by Gasteiger charge is -2.22. The fraction of sp³-hybridized carbons (Fsp3) is 0.650. The van der Waals surface area contributed by atoms with Crippen molar-refractivity contribution in [2.24, 2.45) is 0 Å². The number of carbonyl (C=O) groups is 1. The van der Waals surface area contributed by atoms with E-state index in [0.717, 1.165) is 31.5 Å². The summed E-state index contributed by atoms with van der Waals surface area (Å²) in [6.07, 6.45) is 2.19. The molecule has 0 N–H and O–H groups in total. The Morgan fingerprint density at radius 1 is 1.09 bits per heavy atom. The van der Waals surface area contributed by atoms with Crippen molar-refractivity contribution in [1.82, 2.24) is 4.90 Å². The molecule has 0 heterocycles. The third kappa shape index (κ3) is 6.34. The molecule has 0 fully saturated rings. The molecular weight excluding hydrogens is 286 g/mol. The van der Waals surface area contributed by atoms with Crippen molar-refractivity contribution in [3.05, 3.63) is 29.3 Å². The summed E-state index contributed by atoms with van der Waals surface area (Å²) in [6, 6.07) is 6.03. The Balaban J connectivity index is 3.04. The van der Waals surface area contributed by atoms with E-state index in [0.29, 0.717) is 18.2 Å². The summed E-state index contributed by atoms with van der Waals surface area (Å²) in [7, 11) is 0. The van der Waals surface area contributed by atoms with E-state index < -0.39 is 0 Å². The van der Waals surface area contributed by atoms with Crippen molar-refractivity contribution < 1.29 is 9.53 Å². The van der Waals surface area contributed by atoms with E-state index in [2.05, 4.69) is 38.7 Å². The van der Waals surface area contributed by atoms with Gasteiger partial charge in [-0.1, -0.05) is 33.8 Å². The van der Waals surface area contributed by atoms with Crippen LogP contribution in [0.4, 0.5) is 0 Å². The van der Waals surface area contributed by atoms with Gasteiger partial charge in [0.1, 0.15) is 5.75 Å². The van der Waals surface area contributed by atoms with Gasteiger partial charge in [0, 0.05) is 0 Å².